The maximum atomic E-state index is 12.6. The van der Waals surface area contributed by atoms with Crippen LogP contribution in [0.4, 0.5) is 5.69 Å². The van der Waals surface area contributed by atoms with Crippen LogP contribution in [0.3, 0.4) is 0 Å². The Labute approximate surface area is 182 Å². The third-order valence-corrected chi connectivity index (χ3v) is 5.87. The van der Waals surface area contributed by atoms with Crippen LogP contribution in [-0.4, -0.2) is 33.0 Å². The summed E-state index contributed by atoms with van der Waals surface area (Å²) in [4.78, 5) is 12.6. The van der Waals surface area contributed by atoms with E-state index in [0.717, 1.165) is 46.8 Å². The van der Waals surface area contributed by atoms with Gasteiger partial charge in [-0.2, -0.15) is 0 Å². The Balaban J connectivity index is 1.66. The molecule has 1 heterocycles. The molecule has 0 fully saturated rings. The molecule has 0 aliphatic carbocycles. The molecule has 1 aromatic heterocycles. The van der Waals surface area contributed by atoms with E-state index < -0.39 is 0 Å². The lowest BCUT2D eigenvalue weighted by molar-refractivity contribution is -0.113. The lowest BCUT2D eigenvalue weighted by atomic mass is 10.0. The highest BCUT2D eigenvalue weighted by Gasteiger charge is 2.15. The van der Waals surface area contributed by atoms with Crippen molar-refractivity contribution in [1.82, 2.24) is 14.8 Å². The first-order valence-corrected chi connectivity index (χ1v) is 11.2. The zero-order chi connectivity index (χ0) is 21.5. The fourth-order valence-corrected chi connectivity index (χ4v) is 3.98. The van der Waals surface area contributed by atoms with Crippen molar-refractivity contribution in [3.63, 3.8) is 0 Å². The Morgan fingerprint density at radius 3 is 2.30 bits per heavy atom. The molecule has 0 radical (unpaired) electrons. The third kappa shape index (κ3) is 5.02. The van der Waals surface area contributed by atoms with Crippen molar-refractivity contribution in [3.8, 4) is 17.1 Å². The molecule has 1 N–H and O–H groups in total. The number of anilines is 1. The maximum Gasteiger partial charge on any atom is 0.234 e. The van der Waals surface area contributed by atoms with Gasteiger partial charge in [-0.1, -0.05) is 43.8 Å². The van der Waals surface area contributed by atoms with Gasteiger partial charge in [0.25, 0.3) is 0 Å². The van der Waals surface area contributed by atoms with Crippen molar-refractivity contribution >= 4 is 23.4 Å². The molecule has 0 saturated heterocycles. The van der Waals surface area contributed by atoms with Crippen LogP contribution in [0.5, 0.6) is 5.75 Å². The van der Waals surface area contributed by atoms with Crippen LogP contribution in [0.15, 0.2) is 47.6 Å². The Morgan fingerprint density at radius 2 is 1.70 bits per heavy atom. The van der Waals surface area contributed by atoms with E-state index in [-0.39, 0.29) is 11.7 Å². The minimum atomic E-state index is -0.0405. The van der Waals surface area contributed by atoms with Gasteiger partial charge in [-0.25, -0.2) is 0 Å². The van der Waals surface area contributed by atoms with Gasteiger partial charge in [-0.15, -0.1) is 10.2 Å². The standard InChI is InChI=1S/C23H28N4O2S/c1-5-16-9-8-10-17(6-2)21(16)24-20(28)15-30-23-26-25-22(27(23)4)18-11-13-19(14-12-18)29-7-3/h8-14H,5-7,15H2,1-4H3,(H,24,28). The Kier molecular flexibility index (Phi) is 7.52. The summed E-state index contributed by atoms with van der Waals surface area (Å²) in [7, 11) is 1.91. The fourth-order valence-electron chi connectivity index (χ4n) is 3.27. The Hall–Kier alpha value is -2.80. The SMILES string of the molecule is CCOc1ccc(-c2nnc(SCC(=O)Nc3c(CC)cccc3CC)n2C)cc1. The molecule has 0 aliphatic rings. The smallest absolute Gasteiger partial charge is 0.234 e. The zero-order valence-corrected chi connectivity index (χ0v) is 18.8. The molecule has 158 valence electrons. The highest BCUT2D eigenvalue weighted by atomic mass is 32.2. The summed E-state index contributed by atoms with van der Waals surface area (Å²) in [6.45, 7) is 6.79. The van der Waals surface area contributed by atoms with Gasteiger partial charge in [0.15, 0.2) is 11.0 Å². The van der Waals surface area contributed by atoms with Crippen molar-refractivity contribution in [2.24, 2.45) is 7.05 Å². The number of rotatable bonds is 9. The second-order valence-corrected chi connectivity index (χ2v) is 7.76. The van der Waals surface area contributed by atoms with E-state index in [9.17, 15) is 4.79 Å². The summed E-state index contributed by atoms with van der Waals surface area (Å²) in [5.41, 5.74) is 4.21. The minimum Gasteiger partial charge on any atom is -0.494 e. The number of aryl methyl sites for hydroxylation is 2. The monoisotopic (exact) mass is 424 g/mol. The number of hydrogen-bond donors (Lipinski definition) is 1. The number of carbonyl (C=O) groups is 1. The van der Waals surface area contributed by atoms with E-state index >= 15 is 0 Å². The van der Waals surface area contributed by atoms with Crippen LogP contribution < -0.4 is 10.1 Å². The molecule has 3 rings (SSSR count). The highest BCUT2D eigenvalue weighted by Crippen LogP contribution is 2.26. The number of aromatic nitrogens is 3. The van der Waals surface area contributed by atoms with Crippen molar-refractivity contribution in [2.75, 3.05) is 17.7 Å². The van der Waals surface area contributed by atoms with Gasteiger partial charge >= 0.3 is 0 Å². The van der Waals surface area contributed by atoms with Crippen molar-refractivity contribution in [1.29, 1.82) is 0 Å². The van der Waals surface area contributed by atoms with Crippen LogP contribution >= 0.6 is 11.8 Å². The first-order chi connectivity index (χ1) is 14.6. The van der Waals surface area contributed by atoms with Crippen LogP contribution in [0.2, 0.25) is 0 Å². The second kappa shape index (κ2) is 10.3. The molecular weight excluding hydrogens is 396 g/mol. The summed E-state index contributed by atoms with van der Waals surface area (Å²) in [6.07, 6.45) is 1.76. The van der Waals surface area contributed by atoms with Gasteiger partial charge in [0.1, 0.15) is 5.75 Å². The van der Waals surface area contributed by atoms with Gasteiger partial charge in [0.2, 0.25) is 5.91 Å². The summed E-state index contributed by atoms with van der Waals surface area (Å²) in [5.74, 6) is 1.82. The van der Waals surface area contributed by atoms with E-state index in [4.69, 9.17) is 4.74 Å². The number of nitrogens with zero attached hydrogens (tertiary/aromatic N) is 3. The Morgan fingerprint density at radius 1 is 1.03 bits per heavy atom. The molecule has 0 saturated carbocycles. The molecule has 1 amide bonds. The molecule has 0 atom stereocenters. The van der Waals surface area contributed by atoms with E-state index in [1.165, 1.54) is 11.8 Å². The molecule has 0 unspecified atom stereocenters. The number of hydrogen-bond acceptors (Lipinski definition) is 5. The second-order valence-electron chi connectivity index (χ2n) is 6.82. The molecule has 30 heavy (non-hydrogen) atoms. The maximum absolute atomic E-state index is 12.6. The predicted octanol–water partition coefficient (Wildman–Crippen LogP) is 4.74. The van der Waals surface area contributed by atoms with Crippen LogP contribution in [-0.2, 0) is 24.7 Å². The van der Waals surface area contributed by atoms with E-state index in [1.807, 2.05) is 48.9 Å². The van der Waals surface area contributed by atoms with Crippen LogP contribution in [0.1, 0.15) is 31.9 Å². The van der Waals surface area contributed by atoms with Gasteiger partial charge in [-0.05, 0) is 55.2 Å². The Bertz CT molecular complexity index is 977. The van der Waals surface area contributed by atoms with E-state index in [0.29, 0.717) is 11.8 Å². The van der Waals surface area contributed by atoms with Crippen LogP contribution in [0.25, 0.3) is 11.4 Å². The number of benzene rings is 2. The van der Waals surface area contributed by atoms with Gasteiger partial charge < -0.3 is 14.6 Å². The largest absolute Gasteiger partial charge is 0.494 e. The average Bonchev–Trinajstić information content (AvgIpc) is 3.13. The molecule has 2 aromatic carbocycles. The van der Waals surface area contributed by atoms with Crippen molar-refractivity contribution in [2.45, 2.75) is 38.8 Å². The fraction of sp³-hybridized carbons (Fsp3) is 0.348. The summed E-state index contributed by atoms with van der Waals surface area (Å²) in [6, 6.07) is 13.9. The number of thioether (sulfide) groups is 1. The molecule has 0 spiro atoms. The van der Waals surface area contributed by atoms with E-state index in [2.05, 4.69) is 41.5 Å². The summed E-state index contributed by atoms with van der Waals surface area (Å²) in [5, 5.41) is 12.4. The topological polar surface area (TPSA) is 69.0 Å². The van der Waals surface area contributed by atoms with Gasteiger partial charge in [0, 0.05) is 18.3 Å². The molecule has 0 bridgehead atoms. The number of amides is 1. The van der Waals surface area contributed by atoms with Gasteiger partial charge in [0.05, 0.1) is 12.4 Å². The zero-order valence-electron chi connectivity index (χ0n) is 17.9. The normalized spacial score (nSPS) is 10.8. The first kappa shape index (κ1) is 21.9. The minimum absolute atomic E-state index is 0.0405. The van der Waals surface area contributed by atoms with Crippen molar-refractivity contribution < 1.29 is 9.53 Å². The van der Waals surface area contributed by atoms with Gasteiger partial charge in [-0.3, -0.25) is 4.79 Å². The quantitative estimate of drug-likeness (QED) is 0.503. The molecule has 0 aliphatic heterocycles. The molecule has 6 nitrogen and oxygen atoms in total. The number of para-hydroxylation sites is 1. The van der Waals surface area contributed by atoms with Crippen molar-refractivity contribution in [3.05, 3.63) is 53.6 Å². The summed E-state index contributed by atoms with van der Waals surface area (Å²) >= 11 is 1.38. The van der Waals surface area contributed by atoms with E-state index in [1.54, 1.807) is 0 Å². The van der Waals surface area contributed by atoms with Crippen LogP contribution in [0, 0.1) is 0 Å². The number of ether oxygens (including phenoxy) is 1. The molecule has 7 heteroatoms. The predicted molar refractivity (Wildman–Crippen MR) is 122 cm³/mol. The highest BCUT2D eigenvalue weighted by molar-refractivity contribution is 7.99. The third-order valence-electron chi connectivity index (χ3n) is 4.85. The summed E-state index contributed by atoms with van der Waals surface area (Å²) < 4.78 is 7.40. The molecule has 3 aromatic rings. The first-order valence-electron chi connectivity index (χ1n) is 10.2. The lowest BCUT2D eigenvalue weighted by Crippen LogP contribution is -2.17. The number of carbonyl (C=O) groups excluding carboxylic acids is 1. The average molecular weight is 425 g/mol. The molecular formula is C23H28N4O2S. The lowest BCUT2D eigenvalue weighted by Gasteiger charge is -2.14. The number of nitrogens with one attached hydrogen (secondary N) is 1.